The summed E-state index contributed by atoms with van der Waals surface area (Å²) in [7, 11) is 16.4. The van der Waals surface area contributed by atoms with Crippen molar-refractivity contribution >= 4 is 166 Å². The lowest BCUT2D eigenvalue weighted by molar-refractivity contribution is -0.144. The number of nitrogens with zero attached hydrogens (tertiary/aromatic N) is 11. The predicted octanol–water partition coefficient (Wildman–Crippen LogP) is 15.2. The highest BCUT2D eigenvalue weighted by atomic mass is 36.0. The monoisotopic (exact) mass is 1690 g/mol. The Labute approximate surface area is 696 Å². The van der Waals surface area contributed by atoms with Crippen LogP contribution in [0.1, 0.15) is 66.9 Å². The molecule has 0 radical (unpaired) electrons. The molecule has 34 heteroatoms. The number of hydrogen-bond donors (Lipinski definition) is 4. The second-order valence-electron chi connectivity index (χ2n) is 25.0. The van der Waals surface area contributed by atoms with Crippen molar-refractivity contribution in [2.75, 3.05) is 105 Å². The van der Waals surface area contributed by atoms with E-state index in [-0.39, 0.29) is 56.5 Å². The number of ether oxygens (including phenoxy) is 5. The van der Waals surface area contributed by atoms with Crippen LogP contribution < -0.4 is 46.7 Å². The molecule has 0 saturated carbocycles. The summed E-state index contributed by atoms with van der Waals surface area (Å²) in [5.74, 6) is -2.72. The lowest BCUT2D eigenvalue weighted by Crippen LogP contribution is -2.36. The molecule has 2 unspecified atom stereocenters. The van der Waals surface area contributed by atoms with E-state index in [2.05, 4.69) is 63.8 Å². The molecule has 8 heterocycles. The summed E-state index contributed by atoms with van der Waals surface area (Å²) in [5, 5.41) is 10.9. The second kappa shape index (κ2) is 44.2. The second-order valence-corrected chi connectivity index (χ2v) is 32.0. The number of amides is 2. The summed E-state index contributed by atoms with van der Waals surface area (Å²) in [4.78, 5) is 96.9. The molecular formula is C83H92Cl4N15O14P. The zero-order valence-electron chi connectivity index (χ0n) is 65.0. The maximum absolute atomic E-state index is 13.6. The number of nitrogens with two attached hydrogens (primary N) is 1. The number of esters is 5. The van der Waals surface area contributed by atoms with Gasteiger partial charge in [0.1, 0.15) is 12.8 Å². The number of aryl methyl sites for hydroxylation is 1. The molecule has 0 aliphatic carbocycles. The molecule has 0 bridgehead atoms. The van der Waals surface area contributed by atoms with Gasteiger partial charge in [-0.3, -0.25) is 91.0 Å². The van der Waals surface area contributed by atoms with E-state index in [0.717, 1.165) is 67.7 Å². The van der Waals surface area contributed by atoms with Crippen LogP contribution in [-0.2, 0) is 68.9 Å². The molecule has 2 atom stereocenters. The number of halogens is 4. The van der Waals surface area contributed by atoms with E-state index in [4.69, 9.17) is 31.5 Å². The van der Waals surface area contributed by atoms with Crippen molar-refractivity contribution in [3.8, 4) is 0 Å². The number of methoxy groups -OCH3 is 5. The van der Waals surface area contributed by atoms with Crippen molar-refractivity contribution in [2.24, 2.45) is 7.05 Å². The van der Waals surface area contributed by atoms with E-state index in [9.17, 15) is 42.9 Å². The van der Waals surface area contributed by atoms with Gasteiger partial charge in [0.15, 0.2) is 0 Å². The lowest BCUT2D eigenvalue weighted by atomic mass is 10.0. The van der Waals surface area contributed by atoms with Crippen LogP contribution in [-0.4, -0.2) is 144 Å². The summed E-state index contributed by atoms with van der Waals surface area (Å²) in [6.45, 7) is 0. The molecule has 6 aromatic heterocycles. The molecule has 14 rings (SSSR count). The van der Waals surface area contributed by atoms with Gasteiger partial charge < -0.3 is 45.0 Å². The quantitative estimate of drug-likeness (QED) is 0.0185. The molecule has 12 aromatic rings. The standard InChI is InChI=1S/C22H21N3O3.C15H17N3O3.C15H17N3O2.C15H15N3O2.C11H13N3.C4H5ClO3.CH4.Cl3OP/c1-23-17-11-6-7-12-19(17)25(22(27)16-9-4-3-5-10-16)20(15-21(26)28-2)18-13-8-14-24(18)23;1-17(18-9-5-6-10-18)13-8-4-3-7-12(13)16-14(19)11-15(20)21-2;2*1-17-13-7-4-3-6-11(13)16-12(10-15(19)20-2)14-8-5-9-18(14)17;1-13(14-8-4-5-9-14)11-7-3-2-6-10(11)12;1-8-4(7)2-3(5)6;;1-5(2,3)4/h3-14,20H,15H2,1-2H3;3-10H,11H2,1-2H3,(H,16,19);3-9,12,16H,10H2,1-2H3;3-10,16H,1-2H3;2-9H,12H2,1H3;2H2,1H3;1H4;/b;;;12-10+;;;;. The van der Waals surface area contributed by atoms with Crippen LogP contribution in [0.2, 0.25) is 0 Å². The Morgan fingerprint density at radius 1 is 0.513 bits per heavy atom. The van der Waals surface area contributed by atoms with Crippen LogP contribution in [0.15, 0.2) is 256 Å². The van der Waals surface area contributed by atoms with Gasteiger partial charge in [-0.2, -0.15) is 0 Å². The third kappa shape index (κ3) is 25.4. The van der Waals surface area contributed by atoms with Gasteiger partial charge in [-0.1, -0.05) is 86.3 Å². The van der Waals surface area contributed by atoms with Gasteiger partial charge in [-0.05, 0) is 179 Å². The number of carbonyl (C=O) groups is 8. The van der Waals surface area contributed by atoms with Crippen molar-refractivity contribution in [2.45, 2.75) is 45.2 Å². The van der Waals surface area contributed by atoms with E-state index in [1.807, 2.05) is 316 Å². The molecule has 6 aromatic carbocycles. The number of para-hydroxylation sites is 10. The first-order valence-corrected chi connectivity index (χ1v) is 40.2. The number of fused-ring (bicyclic) bond motifs is 6. The van der Waals surface area contributed by atoms with E-state index in [1.165, 1.54) is 41.6 Å². The van der Waals surface area contributed by atoms with Crippen LogP contribution in [0.3, 0.4) is 0 Å². The maximum Gasteiger partial charge on any atom is 0.339 e. The van der Waals surface area contributed by atoms with E-state index in [0.29, 0.717) is 23.0 Å². The number of hydrogen-bond acceptors (Lipinski definition) is 20. The fourth-order valence-electron chi connectivity index (χ4n) is 12.1. The van der Waals surface area contributed by atoms with Gasteiger partial charge in [0, 0.05) is 90.3 Å². The van der Waals surface area contributed by atoms with Gasteiger partial charge >= 0.3 is 35.0 Å². The first kappa shape index (κ1) is 91.4. The Kier molecular flexibility index (Phi) is 34.5. The van der Waals surface area contributed by atoms with Crippen molar-refractivity contribution in [3.63, 3.8) is 0 Å². The number of nitrogens with one attached hydrogen (secondary N) is 3. The minimum absolute atomic E-state index is 0. The third-order valence-electron chi connectivity index (χ3n) is 17.7. The Morgan fingerprint density at radius 3 is 1.58 bits per heavy atom. The summed E-state index contributed by atoms with van der Waals surface area (Å²) < 4.78 is 44.4. The molecule has 616 valence electrons. The molecule has 2 aliphatic rings. The molecule has 5 N–H and O–H groups in total. The molecule has 117 heavy (non-hydrogen) atoms. The van der Waals surface area contributed by atoms with Crippen LogP contribution in [0, 0.1) is 0 Å². The molecule has 0 saturated heterocycles. The molecule has 2 aliphatic heterocycles. The van der Waals surface area contributed by atoms with Gasteiger partial charge in [0.2, 0.25) is 11.1 Å². The van der Waals surface area contributed by atoms with Crippen LogP contribution in [0.25, 0.3) is 22.6 Å². The van der Waals surface area contributed by atoms with Crippen molar-refractivity contribution in [1.29, 1.82) is 0 Å². The normalized spacial score (nSPS) is 12.7. The Hall–Kier alpha value is -12.8. The number of nitrogen functional groups attached to an aromatic ring is 1. The number of benzene rings is 6. The topological polar surface area (TPSA) is 311 Å². The zero-order valence-corrected chi connectivity index (χ0v) is 68.9. The Balaban J connectivity index is 0.000000196. The molecule has 0 fully saturated rings. The fourth-order valence-corrected chi connectivity index (χ4v) is 12.2. The van der Waals surface area contributed by atoms with Crippen LogP contribution >= 0.6 is 50.5 Å². The third-order valence-corrected chi connectivity index (χ3v) is 17.8. The molecule has 0 spiro atoms. The Morgan fingerprint density at radius 2 is 0.991 bits per heavy atom. The van der Waals surface area contributed by atoms with Crippen molar-refractivity contribution in [3.05, 3.63) is 278 Å². The number of rotatable bonds is 15. The van der Waals surface area contributed by atoms with Gasteiger partial charge in [-0.15, -0.1) is 0 Å². The first-order chi connectivity index (χ1) is 55.6. The highest BCUT2D eigenvalue weighted by Crippen LogP contribution is 2.61. The first-order valence-electron chi connectivity index (χ1n) is 35.4. The highest BCUT2D eigenvalue weighted by molar-refractivity contribution is 8.24. The van der Waals surface area contributed by atoms with E-state index < -0.39 is 34.3 Å². The summed E-state index contributed by atoms with van der Waals surface area (Å²) in [6.07, 6.45) is 14.8. The lowest BCUT2D eigenvalue weighted by Gasteiger charge is -2.30. The molecule has 29 nitrogen and oxygen atoms in total. The number of anilines is 8. The largest absolute Gasteiger partial charge is 0.469 e. The van der Waals surface area contributed by atoms with E-state index >= 15 is 0 Å². The molecule has 2 amide bonds. The minimum Gasteiger partial charge on any atom is -0.469 e. The highest BCUT2D eigenvalue weighted by Gasteiger charge is 2.37. The average molecular weight is 1700 g/mol. The average Bonchev–Trinajstić information content (AvgIpc) is 1.62. The zero-order chi connectivity index (χ0) is 84.2. The Bertz CT molecular complexity index is 5460. The van der Waals surface area contributed by atoms with Crippen molar-refractivity contribution in [1.82, 2.24) is 32.9 Å². The minimum atomic E-state index is -3.22. The van der Waals surface area contributed by atoms with Gasteiger partial charge in [0.05, 0.1) is 139 Å². The summed E-state index contributed by atoms with van der Waals surface area (Å²) in [6, 6.07) is 66.9. The maximum atomic E-state index is 13.6. The number of carbonyl (C=O) groups excluding carboxylic acids is 8. The van der Waals surface area contributed by atoms with Crippen LogP contribution in [0.4, 0.5) is 45.5 Å². The number of aromatic nitrogens is 7. The fraction of sp³-hybridized carbons (Fsp3) is 0.205. The summed E-state index contributed by atoms with van der Waals surface area (Å²) >= 11 is 18.7. The van der Waals surface area contributed by atoms with Gasteiger partial charge in [-0.25, -0.2) is 4.79 Å². The van der Waals surface area contributed by atoms with Crippen molar-refractivity contribution < 1.29 is 66.6 Å². The SMILES string of the molecule is C.CN(c1ccccc1N)n1cccc1.COC(=O)/C=c1/[nH]c2ccccc2n(C)n2cccc12.COC(=O)CC(=O)Cl.COC(=O)CC(=O)Nc1ccccc1N(C)n1cccc1.COC(=O)CC1Nc2ccccc2N(C)n2cccc21.COC(=O)CC1c2cccn2N(C)c2ccccc2N1C(=O)c1ccccc1.O=P(Cl)(Cl)Cl. The number of aromatic amines is 1. The van der Waals surface area contributed by atoms with E-state index in [1.54, 1.807) is 23.1 Å². The smallest absolute Gasteiger partial charge is 0.339 e. The predicted molar refractivity (Wildman–Crippen MR) is 461 cm³/mol. The summed E-state index contributed by atoms with van der Waals surface area (Å²) in [5.41, 5.74) is 18.1. The molecular weight excluding hydrogens is 1600 g/mol. The van der Waals surface area contributed by atoms with Gasteiger partial charge in [0.25, 0.3) is 5.91 Å². The van der Waals surface area contributed by atoms with Crippen LogP contribution in [0.5, 0.6) is 0 Å². The number of H-pyrrole nitrogens is 1.